The lowest BCUT2D eigenvalue weighted by Gasteiger charge is -2.08. The first-order chi connectivity index (χ1) is 9.63. The van der Waals surface area contributed by atoms with Crippen LogP contribution in [0.25, 0.3) is 0 Å². The highest BCUT2D eigenvalue weighted by atomic mass is 32.1. The molecule has 20 heavy (non-hydrogen) atoms. The zero-order valence-corrected chi connectivity index (χ0v) is 12.9. The molecule has 0 atom stereocenters. The van der Waals surface area contributed by atoms with E-state index in [9.17, 15) is 0 Å². The Hall–Kier alpha value is -1.86. The highest BCUT2D eigenvalue weighted by Gasteiger charge is 2.10. The number of aromatic nitrogens is 1. The summed E-state index contributed by atoms with van der Waals surface area (Å²) >= 11 is 1.58. The Morgan fingerprint density at radius 2 is 2.15 bits per heavy atom. The molecule has 3 nitrogen and oxygen atoms in total. The molecule has 0 radical (unpaired) electrons. The molecule has 2 rings (SSSR count). The van der Waals surface area contributed by atoms with Crippen LogP contribution in [0.2, 0.25) is 0 Å². The second-order valence-electron chi connectivity index (χ2n) is 4.72. The molecular weight excluding hydrogens is 268 g/mol. The average Bonchev–Trinajstić information content (AvgIpc) is 2.80. The number of hydrogen-bond donors (Lipinski definition) is 0. The normalized spacial score (nSPS) is 10.3. The lowest BCUT2D eigenvalue weighted by atomic mass is 10.1. The number of nitrogens with zero attached hydrogens (tertiary/aromatic N) is 2. The topological polar surface area (TPSA) is 45.9 Å². The van der Waals surface area contributed by atoms with Crippen molar-refractivity contribution in [2.24, 2.45) is 0 Å². The predicted molar refractivity (Wildman–Crippen MR) is 81.1 cm³/mol. The van der Waals surface area contributed by atoms with Gasteiger partial charge in [0.1, 0.15) is 17.4 Å². The van der Waals surface area contributed by atoms with E-state index in [1.165, 1.54) is 5.56 Å². The van der Waals surface area contributed by atoms with Gasteiger partial charge < -0.3 is 4.74 Å². The van der Waals surface area contributed by atoms with Gasteiger partial charge in [-0.25, -0.2) is 4.98 Å². The van der Waals surface area contributed by atoms with Crippen LogP contribution in [0.5, 0.6) is 5.75 Å². The SMILES string of the molecule is CCc1nc(COc2ccc(C)cc2C)sc1CC#N. The smallest absolute Gasteiger partial charge is 0.140 e. The molecule has 4 heteroatoms. The van der Waals surface area contributed by atoms with Crippen LogP contribution in [0.1, 0.15) is 33.6 Å². The predicted octanol–water partition coefficient (Wildman–Crippen LogP) is 3.97. The molecule has 0 amide bonds. The molecule has 0 unspecified atom stereocenters. The molecule has 0 spiro atoms. The minimum atomic E-state index is 0.435. The number of ether oxygens (including phenoxy) is 1. The molecule has 2 aromatic rings. The maximum Gasteiger partial charge on any atom is 0.140 e. The fourth-order valence-electron chi connectivity index (χ4n) is 2.09. The van der Waals surface area contributed by atoms with Crippen molar-refractivity contribution in [2.75, 3.05) is 0 Å². The Morgan fingerprint density at radius 3 is 2.80 bits per heavy atom. The van der Waals surface area contributed by atoms with Crippen molar-refractivity contribution >= 4 is 11.3 Å². The first kappa shape index (κ1) is 14.5. The number of nitriles is 1. The monoisotopic (exact) mass is 286 g/mol. The maximum atomic E-state index is 8.82. The largest absolute Gasteiger partial charge is 0.486 e. The van der Waals surface area contributed by atoms with Crippen LogP contribution >= 0.6 is 11.3 Å². The lowest BCUT2D eigenvalue weighted by molar-refractivity contribution is 0.303. The van der Waals surface area contributed by atoms with Crippen molar-refractivity contribution in [3.63, 3.8) is 0 Å². The second-order valence-corrected chi connectivity index (χ2v) is 5.89. The van der Waals surface area contributed by atoms with E-state index < -0.39 is 0 Å². The molecule has 0 bridgehead atoms. The van der Waals surface area contributed by atoms with Gasteiger partial charge >= 0.3 is 0 Å². The van der Waals surface area contributed by atoms with Gasteiger partial charge in [-0.05, 0) is 31.9 Å². The van der Waals surface area contributed by atoms with Crippen LogP contribution in [0.15, 0.2) is 18.2 Å². The highest BCUT2D eigenvalue weighted by Crippen LogP contribution is 2.23. The van der Waals surface area contributed by atoms with Gasteiger partial charge in [0.2, 0.25) is 0 Å². The van der Waals surface area contributed by atoms with E-state index in [2.05, 4.69) is 31.0 Å². The molecule has 0 saturated carbocycles. The summed E-state index contributed by atoms with van der Waals surface area (Å²) in [5.74, 6) is 0.894. The van der Waals surface area contributed by atoms with Crippen LogP contribution in [-0.2, 0) is 19.4 Å². The molecule has 0 aliphatic rings. The van der Waals surface area contributed by atoms with E-state index >= 15 is 0 Å². The van der Waals surface area contributed by atoms with E-state index in [0.29, 0.717) is 13.0 Å². The third kappa shape index (κ3) is 3.37. The molecule has 1 heterocycles. The number of aryl methyl sites for hydroxylation is 3. The molecule has 0 N–H and O–H groups in total. The molecule has 1 aromatic heterocycles. The fourth-order valence-corrected chi connectivity index (χ4v) is 3.09. The van der Waals surface area contributed by atoms with Crippen LogP contribution in [0.3, 0.4) is 0 Å². The van der Waals surface area contributed by atoms with Crippen LogP contribution < -0.4 is 4.74 Å². The van der Waals surface area contributed by atoms with Crippen molar-refractivity contribution in [3.05, 3.63) is 44.9 Å². The zero-order valence-electron chi connectivity index (χ0n) is 12.1. The van der Waals surface area contributed by atoms with Gasteiger partial charge in [-0.1, -0.05) is 24.6 Å². The lowest BCUT2D eigenvalue weighted by Crippen LogP contribution is -1.97. The number of rotatable bonds is 5. The van der Waals surface area contributed by atoms with E-state index in [-0.39, 0.29) is 0 Å². The second kappa shape index (κ2) is 6.53. The standard InChI is InChI=1S/C16H18N2OS/c1-4-13-15(7-8-17)20-16(18-13)10-19-14-6-5-11(2)9-12(14)3/h5-6,9H,4,7,10H2,1-3H3. The van der Waals surface area contributed by atoms with Gasteiger partial charge in [-0.15, -0.1) is 11.3 Å². The minimum Gasteiger partial charge on any atom is -0.486 e. The highest BCUT2D eigenvalue weighted by molar-refractivity contribution is 7.11. The Bertz CT molecular complexity index is 640. The Morgan fingerprint density at radius 1 is 1.35 bits per heavy atom. The van der Waals surface area contributed by atoms with E-state index in [4.69, 9.17) is 10.00 Å². The zero-order chi connectivity index (χ0) is 14.5. The van der Waals surface area contributed by atoms with Gasteiger partial charge in [0.05, 0.1) is 18.2 Å². The van der Waals surface area contributed by atoms with E-state index in [0.717, 1.165) is 33.3 Å². The quantitative estimate of drug-likeness (QED) is 0.835. The third-order valence-electron chi connectivity index (χ3n) is 3.08. The van der Waals surface area contributed by atoms with Gasteiger partial charge in [0, 0.05) is 4.88 Å². The van der Waals surface area contributed by atoms with Crippen molar-refractivity contribution in [2.45, 2.75) is 40.2 Å². The van der Waals surface area contributed by atoms with Gasteiger partial charge in [0.25, 0.3) is 0 Å². The van der Waals surface area contributed by atoms with Gasteiger partial charge in [-0.3, -0.25) is 0 Å². The van der Waals surface area contributed by atoms with Gasteiger partial charge in [0.15, 0.2) is 0 Å². The Labute approximate surface area is 123 Å². The number of hydrogen-bond acceptors (Lipinski definition) is 4. The molecule has 0 saturated heterocycles. The Kier molecular flexibility index (Phi) is 4.75. The van der Waals surface area contributed by atoms with Crippen LogP contribution in [-0.4, -0.2) is 4.98 Å². The molecule has 104 valence electrons. The minimum absolute atomic E-state index is 0.435. The summed E-state index contributed by atoms with van der Waals surface area (Å²) in [5.41, 5.74) is 3.39. The van der Waals surface area contributed by atoms with Crippen molar-refractivity contribution in [3.8, 4) is 11.8 Å². The Balaban J connectivity index is 2.09. The molecular formula is C16H18N2OS. The third-order valence-corrected chi connectivity index (χ3v) is 4.15. The van der Waals surface area contributed by atoms with Crippen molar-refractivity contribution < 1.29 is 4.74 Å². The summed E-state index contributed by atoms with van der Waals surface area (Å²) in [6.45, 7) is 6.64. The average molecular weight is 286 g/mol. The number of thiazole rings is 1. The maximum absolute atomic E-state index is 8.82. The van der Waals surface area contributed by atoms with Crippen molar-refractivity contribution in [1.82, 2.24) is 4.98 Å². The van der Waals surface area contributed by atoms with Crippen LogP contribution in [0, 0.1) is 25.2 Å². The van der Waals surface area contributed by atoms with Crippen LogP contribution in [0.4, 0.5) is 0 Å². The molecule has 0 fully saturated rings. The summed E-state index contributed by atoms with van der Waals surface area (Å²) < 4.78 is 5.83. The van der Waals surface area contributed by atoms with Gasteiger partial charge in [-0.2, -0.15) is 5.26 Å². The first-order valence-electron chi connectivity index (χ1n) is 6.68. The van der Waals surface area contributed by atoms with Crippen molar-refractivity contribution in [1.29, 1.82) is 5.26 Å². The summed E-state index contributed by atoms with van der Waals surface area (Å²) in [4.78, 5) is 5.62. The molecule has 0 aliphatic heterocycles. The summed E-state index contributed by atoms with van der Waals surface area (Å²) in [5, 5.41) is 9.75. The molecule has 0 aliphatic carbocycles. The number of benzene rings is 1. The fraction of sp³-hybridized carbons (Fsp3) is 0.375. The van der Waals surface area contributed by atoms with E-state index in [1.807, 2.05) is 19.1 Å². The first-order valence-corrected chi connectivity index (χ1v) is 7.50. The molecule has 1 aromatic carbocycles. The summed E-state index contributed by atoms with van der Waals surface area (Å²) in [7, 11) is 0. The summed E-state index contributed by atoms with van der Waals surface area (Å²) in [6, 6.07) is 8.34. The van der Waals surface area contributed by atoms with E-state index in [1.54, 1.807) is 11.3 Å². The summed E-state index contributed by atoms with van der Waals surface area (Å²) in [6.07, 6.45) is 1.29.